The molecule has 2 fully saturated rings. The van der Waals surface area contributed by atoms with Crippen molar-refractivity contribution in [1.82, 2.24) is 4.90 Å². The highest BCUT2D eigenvalue weighted by Gasteiger charge is 2.42. The minimum absolute atomic E-state index is 0.243. The Bertz CT molecular complexity index is 283. The Hall–Kier alpha value is -1.21. The van der Waals surface area contributed by atoms with E-state index in [1.807, 2.05) is 0 Å². The van der Waals surface area contributed by atoms with Gasteiger partial charge in [0.05, 0.1) is 6.10 Å². The van der Waals surface area contributed by atoms with Crippen LogP contribution in [0.5, 0.6) is 0 Å². The van der Waals surface area contributed by atoms with Crippen molar-refractivity contribution in [2.75, 3.05) is 19.7 Å². The lowest BCUT2D eigenvalue weighted by molar-refractivity contribution is 0.0728. The minimum atomic E-state index is -0.800. The molecule has 15 heavy (non-hydrogen) atoms. The monoisotopic (exact) mass is 209 g/mol. The Kier molecular flexibility index (Phi) is 2.83. The normalized spacial score (nSPS) is 33.8. The Labute approximate surface area is 89.2 Å². The van der Waals surface area contributed by atoms with Crippen LogP contribution in [-0.4, -0.2) is 41.9 Å². The summed E-state index contributed by atoms with van der Waals surface area (Å²) in [5, 5.41) is 8.84. The van der Waals surface area contributed by atoms with Crippen LogP contribution >= 0.6 is 0 Å². The molecule has 1 aliphatic heterocycles. The van der Waals surface area contributed by atoms with Gasteiger partial charge in [-0.05, 0) is 24.7 Å². The molecule has 1 saturated heterocycles. The van der Waals surface area contributed by atoms with Crippen molar-refractivity contribution >= 4 is 6.09 Å². The Morgan fingerprint density at radius 3 is 2.53 bits per heavy atom. The first-order chi connectivity index (χ1) is 7.20. The molecular weight excluding hydrogens is 194 g/mol. The maximum Gasteiger partial charge on any atom is 0.407 e. The van der Waals surface area contributed by atoms with E-state index >= 15 is 0 Å². The van der Waals surface area contributed by atoms with E-state index in [4.69, 9.17) is 16.3 Å². The molecule has 1 N–H and O–H groups in total. The van der Waals surface area contributed by atoms with Gasteiger partial charge in [0.1, 0.15) is 6.61 Å². The van der Waals surface area contributed by atoms with E-state index in [2.05, 4.69) is 5.92 Å². The fourth-order valence-corrected chi connectivity index (χ4v) is 2.70. The predicted molar refractivity (Wildman–Crippen MR) is 54.4 cm³/mol. The number of nitrogens with zero attached hydrogens (tertiary/aromatic N) is 1. The van der Waals surface area contributed by atoms with Gasteiger partial charge in [-0.25, -0.2) is 4.79 Å². The van der Waals surface area contributed by atoms with Crippen molar-refractivity contribution in [2.45, 2.75) is 18.9 Å². The number of hydrogen-bond acceptors (Lipinski definition) is 2. The van der Waals surface area contributed by atoms with Crippen molar-refractivity contribution in [3.63, 3.8) is 0 Å². The lowest BCUT2D eigenvalue weighted by Crippen LogP contribution is -2.28. The third kappa shape index (κ3) is 2.07. The Morgan fingerprint density at radius 1 is 1.47 bits per heavy atom. The summed E-state index contributed by atoms with van der Waals surface area (Å²) in [5.41, 5.74) is 0. The van der Waals surface area contributed by atoms with E-state index in [-0.39, 0.29) is 6.10 Å². The van der Waals surface area contributed by atoms with Crippen LogP contribution in [0.3, 0.4) is 0 Å². The van der Waals surface area contributed by atoms with Crippen LogP contribution in [0.25, 0.3) is 0 Å². The van der Waals surface area contributed by atoms with Crippen LogP contribution in [0.15, 0.2) is 0 Å². The van der Waals surface area contributed by atoms with Gasteiger partial charge >= 0.3 is 6.09 Å². The van der Waals surface area contributed by atoms with E-state index in [9.17, 15) is 4.79 Å². The van der Waals surface area contributed by atoms with E-state index in [0.717, 1.165) is 12.8 Å². The molecule has 2 rings (SSSR count). The molecule has 4 nitrogen and oxygen atoms in total. The number of fused-ring (bicyclic) bond motifs is 1. The summed E-state index contributed by atoms with van der Waals surface area (Å²) >= 11 is 0. The highest BCUT2D eigenvalue weighted by Crippen LogP contribution is 2.39. The molecule has 82 valence electrons. The van der Waals surface area contributed by atoms with Gasteiger partial charge in [0.2, 0.25) is 0 Å². The maximum absolute atomic E-state index is 10.8. The summed E-state index contributed by atoms with van der Waals surface area (Å²) in [5.74, 6) is 3.41. The van der Waals surface area contributed by atoms with Crippen LogP contribution in [0.1, 0.15) is 12.8 Å². The van der Waals surface area contributed by atoms with Crippen LogP contribution in [0.2, 0.25) is 0 Å². The average Bonchev–Trinajstić information content (AvgIpc) is 2.71. The third-order valence-electron chi connectivity index (χ3n) is 3.38. The predicted octanol–water partition coefficient (Wildman–Crippen LogP) is 1.02. The average molecular weight is 209 g/mol. The van der Waals surface area contributed by atoms with Crippen molar-refractivity contribution in [3.8, 4) is 12.3 Å². The second kappa shape index (κ2) is 4.11. The first-order valence-electron chi connectivity index (χ1n) is 5.23. The fourth-order valence-electron chi connectivity index (χ4n) is 2.70. The number of terminal acetylenes is 1. The SMILES string of the molecule is C#CCO[C@H]1C[C@@H]2CN(C(=O)O)C[C@@H]2C1. The molecule has 0 aromatic rings. The topological polar surface area (TPSA) is 49.8 Å². The van der Waals surface area contributed by atoms with Crippen molar-refractivity contribution < 1.29 is 14.6 Å². The number of amides is 1. The van der Waals surface area contributed by atoms with E-state index in [0.29, 0.717) is 31.5 Å². The zero-order valence-electron chi connectivity index (χ0n) is 8.56. The molecule has 1 heterocycles. The summed E-state index contributed by atoms with van der Waals surface area (Å²) in [6.45, 7) is 1.69. The first-order valence-corrected chi connectivity index (χ1v) is 5.23. The third-order valence-corrected chi connectivity index (χ3v) is 3.38. The van der Waals surface area contributed by atoms with Gasteiger partial charge in [-0.3, -0.25) is 0 Å². The standard InChI is InChI=1S/C11H15NO3/c1-2-3-15-10-4-8-6-12(11(13)14)7-9(8)5-10/h1,8-10H,3-7H2,(H,13,14)/t8-,9+,10+. The van der Waals surface area contributed by atoms with Crippen LogP contribution in [0.4, 0.5) is 4.79 Å². The van der Waals surface area contributed by atoms with Crippen LogP contribution < -0.4 is 0 Å². The number of carbonyl (C=O) groups is 1. The molecule has 0 unspecified atom stereocenters. The fraction of sp³-hybridized carbons (Fsp3) is 0.727. The van der Waals surface area contributed by atoms with Gasteiger partial charge in [0, 0.05) is 13.1 Å². The maximum atomic E-state index is 10.8. The van der Waals surface area contributed by atoms with Crippen molar-refractivity contribution in [1.29, 1.82) is 0 Å². The van der Waals surface area contributed by atoms with E-state index in [1.165, 1.54) is 4.90 Å². The minimum Gasteiger partial charge on any atom is -0.465 e. The summed E-state index contributed by atoms with van der Waals surface area (Å²) in [6.07, 6.45) is 6.47. The molecule has 0 aromatic carbocycles. The summed E-state index contributed by atoms with van der Waals surface area (Å²) in [7, 11) is 0. The lowest BCUT2D eigenvalue weighted by atomic mass is 10.0. The zero-order valence-corrected chi connectivity index (χ0v) is 8.56. The van der Waals surface area contributed by atoms with Gasteiger partial charge in [-0.15, -0.1) is 6.42 Å². The largest absolute Gasteiger partial charge is 0.465 e. The molecule has 0 spiro atoms. The molecule has 0 aromatic heterocycles. The highest BCUT2D eigenvalue weighted by molar-refractivity contribution is 5.65. The smallest absolute Gasteiger partial charge is 0.407 e. The molecule has 1 saturated carbocycles. The molecule has 0 bridgehead atoms. The Balaban J connectivity index is 1.83. The highest BCUT2D eigenvalue weighted by atomic mass is 16.5. The van der Waals surface area contributed by atoms with Gasteiger partial charge in [-0.1, -0.05) is 5.92 Å². The molecule has 4 heteroatoms. The van der Waals surface area contributed by atoms with Gasteiger partial charge in [0.25, 0.3) is 0 Å². The van der Waals surface area contributed by atoms with E-state index < -0.39 is 6.09 Å². The molecule has 0 radical (unpaired) electrons. The zero-order chi connectivity index (χ0) is 10.8. The number of rotatable bonds is 2. The number of carboxylic acid groups (broad SMARTS) is 1. The van der Waals surface area contributed by atoms with Crippen molar-refractivity contribution in [3.05, 3.63) is 0 Å². The molecular formula is C11H15NO3. The number of likely N-dealkylation sites (tertiary alicyclic amines) is 1. The Morgan fingerprint density at radius 2 is 2.07 bits per heavy atom. The lowest BCUT2D eigenvalue weighted by Gasteiger charge is -2.15. The van der Waals surface area contributed by atoms with Gasteiger partial charge < -0.3 is 14.7 Å². The molecule has 3 atom stereocenters. The number of hydrogen-bond donors (Lipinski definition) is 1. The van der Waals surface area contributed by atoms with Crippen LogP contribution in [-0.2, 0) is 4.74 Å². The molecule has 1 aliphatic carbocycles. The summed E-state index contributed by atoms with van der Waals surface area (Å²) < 4.78 is 5.48. The van der Waals surface area contributed by atoms with E-state index in [1.54, 1.807) is 0 Å². The second-order valence-electron chi connectivity index (χ2n) is 4.32. The van der Waals surface area contributed by atoms with Crippen LogP contribution in [0, 0.1) is 24.2 Å². The molecule has 2 aliphatic rings. The molecule has 1 amide bonds. The quantitative estimate of drug-likeness (QED) is 0.691. The van der Waals surface area contributed by atoms with Gasteiger partial charge in [-0.2, -0.15) is 0 Å². The summed E-state index contributed by atoms with van der Waals surface area (Å²) in [4.78, 5) is 12.3. The summed E-state index contributed by atoms with van der Waals surface area (Å²) in [6, 6.07) is 0. The van der Waals surface area contributed by atoms with Gasteiger partial charge in [0.15, 0.2) is 0 Å². The second-order valence-corrected chi connectivity index (χ2v) is 4.32. The first kappa shape index (κ1) is 10.3. The number of ether oxygens (including phenoxy) is 1. The van der Waals surface area contributed by atoms with Crippen molar-refractivity contribution in [2.24, 2.45) is 11.8 Å².